The SMILES string of the molecule is CN=C(NCCN1CCOCC1)NCC1(CCOC)CCC1. The van der Waals surface area contributed by atoms with E-state index in [0.29, 0.717) is 5.41 Å². The number of rotatable bonds is 8. The third-order valence-corrected chi connectivity index (χ3v) is 4.93. The van der Waals surface area contributed by atoms with Crippen molar-refractivity contribution in [1.82, 2.24) is 15.5 Å². The highest BCUT2D eigenvalue weighted by Gasteiger charge is 2.36. The van der Waals surface area contributed by atoms with Crippen LogP contribution >= 0.6 is 0 Å². The van der Waals surface area contributed by atoms with Crippen LogP contribution in [0.3, 0.4) is 0 Å². The Bertz CT molecular complexity index is 339. The molecule has 1 saturated heterocycles. The predicted molar refractivity (Wildman–Crippen MR) is 89.4 cm³/mol. The second-order valence-corrected chi connectivity index (χ2v) is 6.40. The minimum Gasteiger partial charge on any atom is -0.385 e. The van der Waals surface area contributed by atoms with Gasteiger partial charge in [0, 0.05) is 53.5 Å². The van der Waals surface area contributed by atoms with Crippen LogP contribution in [0.15, 0.2) is 4.99 Å². The van der Waals surface area contributed by atoms with E-state index < -0.39 is 0 Å². The highest BCUT2D eigenvalue weighted by Crippen LogP contribution is 2.43. The molecule has 1 heterocycles. The van der Waals surface area contributed by atoms with Crippen LogP contribution < -0.4 is 10.6 Å². The van der Waals surface area contributed by atoms with Crippen molar-refractivity contribution >= 4 is 5.96 Å². The third-order valence-electron chi connectivity index (χ3n) is 4.93. The van der Waals surface area contributed by atoms with E-state index in [0.717, 1.165) is 64.9 Å². The maximum absolute atomic E-state index is 5.37. The molecule has 1 saturated carbocycles. The zero-order valence-corrected chi connectivity index (χ0v) is 14.2. The van der Waals surface area contributed by atoms with Crippen LogP contribution in [-0.4, -0.2) is 77.6 Å². The lowest BCUT2D eigenvalue weighted by atomic mass is 9.67. The lowest BCUT2D eigenvalue weighted by Crippen LogP contribution is -2.48. The first kappa shape index (κ1) is 17.5. The van der Waals surface area contributed by atoms with E-state index >= 15 is 0 Å². The van der Waals surface area contributed by atoms with Crippen LogP contribution in [0.25, 0.3) is 0 Å². The summed E-state index contributed by atoms with van der Waals surface area (Å²) < 4.78 is 10.6. The summed E-state index contributed by atoms with van der Waals surface area (Å²) >= 11 is 0. The molecule has 0 amide bonds. The lowest BCUT2D eigenvalue weighted by molar-refractivity contribution is 0.0389. The van der Waals surface area contributed by atoms with Crippen LogP contribution in [0, 0.1) is 5.41 Å². The van der Waals surface area contributed by atoms with Gasteiger partial charge in [-0.15, -0.1) is 0 Å². The van der Waals surface area contributed by atoms with Gasteiger partial charge in [-0.3, -0.25) is 9.89 Å². The smallest absolute Gasteiger partial charge is 0.191 e. The van der Waals surface area contributed by atoms with Gasteiger partial charge in [0.2, 0.25) is 0 Å². The molecule has 2 fully saturated rings. The molecule has 2 N–H and O–H groups in total. The van der Waals surface area contributed by atoms with Crippen molar-refractivity contribution in [3.8, 4) is 0 Å². The first-order valence-electron chi connectivity index (χ1n) is 8.52. The van der Waals surface area contributed by atoms with Crippen LogP contribution in [0.1, 0.15) is 25.7 Å². The number of nitrogens with zero attached hydrogens (tertiary/aromatic N) is 2. The van der Waals surface area contributed by atoms with E-state index in [1.165, 1.54) is 19.3 Å². The summed E-state index contributed by atoms with van der Waals surface area (Å²) in [5.41, 5.74) is 0.415. The molecule has 1 aliphatic carbocycles. The maximum Gasteiger partial charge on any atom is 0.191 e. The molecule has 22 heavy (non-hydrogen) atoms. The van der Waals surface area contributed by atoms with Gasteiger partial charge in [0.25, 0.3) is 0 Å². The number of methoxy groups -OCH3 is 1. The predicted octanol–water partition coefficient (Wildman–Crippen LogP) is 0.690. The quantitative estimate of drug-likeness (QED) is 0.510. The molecule has 0 aromatic rings. The second-order valence-electron chi connectivity index (χ2n) is 6.40. The van der Waals surface area contributed by atoms with Gasteiger partial charge in [0.1, 0.15) is 0 Å². The summed E-state index contributed by atoms with van der Waals surface area (Å²) in [7, 11) is 3.62. The molecular weight excluding hydrogens is 280 g/mol. The van der Waals surface area contributed by atoms with E-state index in [1.807, 2.05) is 7.05 Å². The Morgan fingerprint density at radius 3 is 2.64 bits per heavy atom. The first-order valence-corrected chi connectivity index (χ1v) is 8.52. The van der Waals surface area contributed by atoms with Gasteiger partial charge >= 0.3 is 0 Å². The van der Waals surface area contributed by atoms with Gasteiger partial charge in [-0.05, 0) is 24.7 Å². The van der Waals surface area contributed by atoms with Crippen molar-refractivity contribution in [2.45, 2.75) is 25.7 Å². The van der Waals surface area contributed by atoms with Crippen LogP contribution in [-0.2, 0) is 9.47 Å². The molecule has 0 aromatic carbocycles. The molecular formula is C16H32N4O2. The molecule has 128 valence electrons. The number of ether oxygens (including phenoxy) is 2. The number of guanidine groups is 1. The summed E-state index contributed by atoms with van der Waals surface area (Å²) in [5, 5.41) is 6.92. The Morgan fingerprint density at radius 1 is 1.27 bits per heavy atom. The molecule has 6 nitrogen and oxygen atoms in total. The Labute approximate surface area is 134 Å². The molecule has 6 heteroatoms. The van der Waals surface area contributed by atoms with E-state index in [1.54, 1.807) is 7.11 Å². The highest BCUT2D eigenvalue weighted by molar-refractivity contribution is 5.79. The average Bonchev–Trinajstić information content (AvgIpc) is 2.52. The van der Waals surface area contributed by atoms with E-state index in [2.05, 4.69) is 20.5 Å². The van der Waals surface area contributed by atoms with E-state index in [-0.39, 0.29) is 0 Å². The van der Waals surface area contributed by atoms with Gasteiger partial charge in [0.05, 0.1) is 13.2 Å². The molecule has 2 rings (SSSR count). The van der Waals surface area contributed by atoms with Crippen LogP contribution in [0.2, 0.25) is 0 Å². The summed E-state index contributed by atoms with van der Waals surface area (Å²) in [6.07, 6.45) is 5.08. The number of aliphatic imine (C=N–C) groups is 1. The molecule has 1 aliphatic heterocycles. The van der Waals surface area contributed by atoms with E-state index in [4.69, 9.17) is 9.47 Å². The van der Waals surface area contributed by atoms with Crippen molar-refractivity contribution in [2.75, 3.05) is 66.7 Å². The monoisotopic (exact) mass is 312 g/mol. The summed E-state index contributed by atoms with van der Waals surface area (Å²) in [5.74, 6) is 0.914. The molecule has 0 unspecified atom stereocenters. The average molecular weight is 312 g/mol. The summed E-state index contributed by atoms with van der Waals surface area (Å²) in [6, 6.07) is 0. The fraction of sp³-hybridized carbons (Fsp3) is 0.938. The maximum atomic E-state index is 5.37. The van der Waals surface area contributed by atoms with Gasteiger partial charge in [-0.1, -0.05) is 6.42 Å². The Morgan fingerprint density at radius 2 is 2.05 bits per heavy atom. The molecule has 0 atom stereocenters. The topological polar surface area (TPSA) is 58.1 Å². The Hall–Kier alpha value is -0.850. The first-order chi connectivity index (χ1) is 10.8. The third kappa shape index (κ3) is 5.41. The number of hydrogen-bond donors (Lipinski definition) is 2. The largest absolute Gasteiger partial charge is 0.385 e. The number of nitrogens with one attached hydrogen (secondary N) is 2. The molecule has 0 aromatic heterocycles. The van der Waals surface area contributed by atoms with Crippen LogP contribution in [0.5, 0.6) is 0 Å². The second kappa shape index (κ2) is 9.33. The lowest BCUT2D eigenvalue weighted by Gasteiger charge is -2.42. The zero-order valence-electron chi connectivity index (χ0n) is 14.2. The number of hydrogen-bond acceptors (Lipinski definition) is 4. The summed E-state index contributed by atoms with van der Waals surface area (Å²) in [6.45, 7) is 7.59. The van der Waals surface area contributed by atoms with Gasteiger partial charge < -0.3 is 20.1 Å². The molecule has 0 bridgehead atoms. The molecule has 2 aliphatic rings. The van der Waals surface area contributed by atoms with Gasteiger partial charge in [0.15, 0.2) is 5.96 Å². The van der Waals surface area contributed by atoms with Crippen molar-refractivity contribution in [1.29, 1.82) is 0 Å². The van der Waals surface area contributed by atoms with Gasteiger partial charge in [-0.2, -0.15) is 0 Å². The fourth-order valence-electron chi connectivity index (χ4n) is 3.16. The van der Waals surface area contributed by atoms with Crippen LogP contribution in [0.4, 0.5) is 0 Å². The van der Waals surface area contributed by atoms with Gasteiger partial charge in [-0.25, -0.2) is 0 Å². The minimum atomic E-state index is 0.415. The van der Waals surface area contributed by atoms with E-state index in [9.17, 15) is 0 Å². The molecule has 0 radical (unpaired) electrons. The van der Waals surface area contributed by atoms with Crippen molar-refractivity contribution < 1.29 is 9.47 Å². The highest BCUT2D eigenvalue weighted by atomic mass is 16.5. The number of morpholine rings is 1. The van der Waals surface area contributed by atoms with Crippen molar-refractivity contribution in [3.63, 3.8) is 0 Å². The van der Waals surface area contributed by atoms with Crippen molar-refractivity contribution in [2.24, 2.45) is 10.4 Å². The Kier molecular flexibility index (Phi) is 7.42. The van der Waals surface area contributed by atoms with Crippen molar-refractivity contribution in [3.05, 3.63) is 0 Å². The zero-order chi connectivity index (χ0) is 15.7. The Balaban J connectivity index is 1.64. The normalized spacial score (nSPS) is 22.2. The molecule has 0 spiro atoms. The summed E-state index contributed by atoms with van der Waals surface area (Å²) in [4.78, 5) is 6.76. The fourth-order valence-corrected chi connectivity index (χ4v) is 3.16. The standard InChI is InChI=1S/C16H32N4O2/c1-17-15(18-7-8-20-9-12-22-13-10-20)19-14-16(4-3-5-16)6-11-21-2/h3-14H2,1-2H3,(H2,17,18,19). The minimum absolute atomic E-state index is 0.415.